The Morgan fingerprint density at radius 1 is 1.44 bits per heavy atom. The molecule has 1 aliphatic rings. The summed E-state index contributed by atoms with van der Waals surface area (Å²) in [4.78, 5) is 5.52. The van der Waals surface area contributed by atoms with E-state index in [1.807, 2.05) is 11.3 Å². The van der Waals surface area contributed by atoms with Crippen molar-refractivity contribution in [2.75, 3.05) is 6.54 Å². The number of aryl methyl sites for hydroxylation is 2. The molecule has 0 radical (unpaired) electrons. The number of thiophene rings is 1. The Bertz CT molecular complexity index is 399. The number of rotatable bonds is 4. The normalized spacial score (nSPS) is 26.7. The van der Waals surface area contributed by atoms with Crippen LogP contribution in [0.1, 0.15) is 54.5 Å². The molecule has 2 nitrogen and oxygen atoms in total. The number of nitrogens with two attached hydrogens (primary N) is 1. The van der Waals surface area contributed by atoms with Gasteiger partial charge in [0.2, 0.25) is 0 Å². The maximum absolute atomic E-state index is 6.10. The van der Waals surface area contributed by atoms with E-state index in [0.717, 1.165) is 6.54 Å². The minimum absolute atomic E-state index is 0.414. The first-order chi connectivity index (χ1) is 8.58. The molecule has 3 heteroatoms. The van der Waals surface area contributed by atoms with Crippen LogP contribution >= 0.6 is 11.3 Å². The molecule has 2 heterocycles. The lowest BCUT2D eigenvalue weighted by Gasteiger charge is -2.35. The fourth-order valence-electron chi connectivity index (χ4n) is 3.46. The minimum Gasteiger partial charge on any atom is -0.329 e. The molecule has 3 unspecified atom stereocenters. The summed E-state index contributed by atoms with van der Waals surface area (Å²) < 4.78 is 0. The van der Waals surface area contributed by atoms with Gasteiger partial charge in [0.1, 0.15) is 0 Å². The summed E-state index contributed by atoms with van der Waals surface area (Å²) in [6, 6.07) is 4.14. The Hall–Kier alpha value is -0.380. The predicted molar refractivity (Wildman–Crippen MR) is 80.2 cm³/mol. The Balaban J connectivity index is 2.30. The average molecular weight is 266 g/mol. The molecule has 0 saturated carbocycles. The van der Waals surface area contributed by atoms with Gasteiger partial charge in [-0.1, -0.05) is 6.92 Å². The van der Waals surface area contributed by atoms with E-state index >= 15 is 0 Å². The Kier molecular flexibility index (Phi) is 4.46. The van der Waals surface area contributed by atoms with Crippen LogP contribution in [-0.4, -0.2) is 23.5 Å². The maximum atomic E-state index is 6.10. The zero-order chi connectivity index (χ0) is 13.3. The molecule has 2 N–H and O–H groups in total. The van der Waals surface area contributed by atoms with E-state index in [0.29, 0.717) is 18.1 Å². The predicted octanol–water partition coefficient (Wildman–Crippen LogP) is 3.63. The first kappa shape index (κ1) is 14.0. The first-order valence-corrected chi connectivity index (χ1v) is 7.94. The molecule has 18 heavy (non-hydrogen) atoms. The zero-order valence-corrected chi connectivity index (χ0v) is 12.9. The van der Waals surface area contributed by atoms with Crippen molar-refractivity contribution < 1.29 is 0 Å². The molecule has 102 valence electrons. The summed E-state index contributed by atoms with van der Waals surface area (Å²) in [6.07, 6.45) is 3.89. The van der Waals surface area contributed by atoms with Crippen molar-refractivity contribution in [3.05, 3.63) is 21.4 Å². The van der Waals surface area contributed by atoms with Crippen molar-refractivity contribution >= 4 is 11.3 Å². The van der Waals surface area contributed by atoms with Crippen molar-refractivity contribution in [3.63, 3.8) is 0 Å². The van der Waals surface area contributed by atoms with E-state index in [1.54, 1.807) is 0 Å². The maximum Gasteiger partial charge on any atom is 0.0487 e. The second kappa shape index (κ2) is 5.72. The summed E-state index contributed by atoms with van der Waals surface area (Å²) in [5, 5.41) is 0. The van der Waals surface area contributed by atoms with Gasteiger partial charge in [-0.3, -0.25) is 4.90 Å². The molecule has 0 spiro atoms. The summed E-state index contributed by atoms with van der Waals surface area (Å²) in [5.74, 6) is 0. The summed E-state index contributed by atoms with van der Waals surface area (Å²) in [6.45, 7) is 9.82. The summed E-state index contributed by atoms with van der Waals surface area (Å²) >= 11 is 1.90. The Labute approximate surface area is 115 Å². The van der Waals surface area contributed by atoms with Crippen LogP contribution in [-0.2, 0) is 0 Å². The third-order valence-corrected chi connectivity index (χ3v) is 5.32. The van der Waals surface area contributed by atoms with Gasteiger partial charge in [0.25, 0.3) is 0 Å². The molecule has 3 atom stereocenters. The van der Waals surface area contributed by atoms with Gasteiger partial charge in [0, 0.05) is 34.4 Å². The van der Waals surface area contributed by atoms with E-state index in [-0.39, 0.29) is 0 Å². The molecule has 1 saturated heterocycles. The van der Waals surface area contributed by atoms with E-state index < -0.39 is 0 Å². The van der Waals surface area contributed by atoms with Gasteiger partial charge in [-0.25, -0.2) is 0 Å². The quantitative estimate of drug-likeness (QED) is 0.901. The molecule has 0 bridgehead atoms. The van der Waals surface area contributed by atoms with Gasteiger partial charge in [0.15, 0.2) is 0 Å². The molecule has 2 rings (SSSR count). The molecule has 1 aromatic heterocycles. The van der Waals surface area contributed by atoms with Gasteiger partial charge in [0.05, 0.1) is 0 Å². The smallest absolute Gasteiger partial charge is 0.0487 e. The molecule has 0 aromatic carbocycles. The Morgan fingerprint density at radius 2 is 2.17 bits per heavy atom. The number of hydrogen-bond acceptors (Lipinski definition) is 3. The highest BCUT2D eigenvalue weighted by Crippen LogP contribution is 2.37. The van der Waals surface area contributed by atoms with Crippen molar-refractivity contribution in [1.82, 2.24) is 4.90 Å². The fourth-order valence-corrected chi connectivity index (χ4v) is 4.44. The zero-order valence-electron chi connectivity index (χ0n) is 12.1. The molecule has 1 aliphatic heterocycles. The fraction of sp³-hybridized carbons (Fsp3) is 0.733. The molecule has 1 aromatic rings. The van der Waals surface area contributed by atoms with Crippen LogP contribution in [0.25, 0.3) is 0 Å². The highest BCUT2D eigenvalue weighted by molar-refractivity contribution is 7.12. The molecular weight excluding hydrogens is 240 g/mol. The largest absolute Gasteiger partial charge is 0.329 e. The first-order valence-electron chi connectivity index (χ1n) is 7.12. The lowest BCUT2D eigenvalue weighted by atomic mass is 10.0. The van der Waals surface area contributed by atoms with Crippen molar-refractivity contribution in [2.45, 2.75) is 65.1 Å². The average Bonchev–Trinajstić information content (AvgIpc) is 2.85. The second-order valence-corrected chi connectivity index (χ2v) is 7.02. The van der Waals surface area contributed by atoms with Crippen LogP contribution in [0.4, 0.5) is 0 Å². The lowest BCUT2D eigenvalue weighted by Crippen LogP contribution is -2.41. The Morgan fingerprint density at radius 3 is 2.67 bits per heavy atom. The van der Waals surface area contributed by atoms with Crippen LogP contribution in [0, 0.1) is 13.8 Å². The van der Waals surface area contributed by atoms with Crippen molar-refractivity contribution in [1.29, 1.82) is 0 Å². The van der Waals surface area contributed by atoms with Crippen LogP contribution in [0.5, 0.6) is 0 Å². The molecule has 0 amide bonds. The van der Waals surface area contributed by atoms with Crippen LogP contribution in [0.3, 0.4) is 0 Å². The van der Waals surface area contributed by atoms with Crippen LogP contribution in [0.15, 0.2) is 6.07 Å². The summed E-state index contributed by atoms with van der Waals surface area (Å²) in [5.41, 5.74) is 7.57. The van der Waals surface area contributed by atoms with Gasteiger partial charge in [-0.05, 0) is 51.7 Å². The topological polar surface area (TPSA) is 29.3 Å². The van der Waals surface area contributed by atoms with Crippen LogP contribution in [0.2, 0.25) is 0 Å². The molecule has 1 fully saturated rings. The number of likely N-dealkylation sites (tertiary alicyclic amines) is 1. The minimum atomic E-state index is 0.414. The highest BCUT2D eigenvalue weighted by atomic mass is 32.1. The molecule has 0 aliphatic carbocycles. The molecular formula is C15H26N2S. The van der Waals surface area contributed by atoms with Gasteiger partial charge in [-0.2, -0.15) is 0 Å². The number of hydrogen-bond donors (Lipinski definition) is 1. The third kappa shape index (κ3) is 2.49. The monoisotopic (exact) mass is 266 g/mol. The van der Waals surface area contributed by atoms with E-state index in [2.05, 4.69) is 38.7 Å². The number of nitrogens with zero attached hydrogens (tertiary/aromatic N) is 1. The third-order valence-electron chi connectivity index (χ3n) is 4.34. The van der Waals surface area contributed by atoms with Crippen LogP contribution < -0.4 is 5.73 Å². The van der Waals surface area contributed by atoms with Crippen molar-refractivity contribution in [3.8, 4) is 0 Å². The highest BCUT2D eigenvalue weighted by Gasteiger charge is 2.35. The van der Waals surface area contributed by atoms with Gasteiger partial charge >= 0.3 is 0 Å². The lowest BCUT2D eigenvalue weighted by molar-refractivity contribution is 0.136. The summed E-state index contributed by atoms with van der Waals surface area (Å²) in [7, 11) is 0. The standard InChI is InChI=1S/C15H26N2S/c1-5-13-7-6-10(2)17(13)15(9-16)14-8-11(3)18-12(14)4/h8,10,13,15H,5-7,9,16H2,1-4H3. The van der Waals surface area contributed by atoms with E-state index in [9.17, 15) is 0 Å². The van der Waals surface area contributed by atoms with E-state index in [1.165, 1.54) is 34.6 Å². The second-order valence-electron chi connectivity index (χ2n) is 5.56. The van der Waals surface area contributed by atoms with Crippen molar-refractivity contribution in [2.24, 2.45) is 5.73 Å². The SMILES string of the molecule is CCC1CCC(C)N1C(CN)c1cc(C)sc1C. The van der Waals surface area contributed by atoms with E-state index in [4.69, 9.17) is 5.73 Å². The van der Waals surface area contributed by atoms with Gasteiger partial charge in [-0.15, -0.1) is 11.3 Å². The van der Waals surface area contributed by atoms with Gasteiger partial charge < -0.3 is 5.73 Å².